The third kappa shape index (κ3) is 3.55. The summed E-state index contributed by atoms with van der Waals surface area (Å²) in [7, 11) is 6.31. The van der Waals surface area contributed by atoms with Gasteiger partial charge in [-0.05, 0) is 33.1 Å². The topological polar surface area (TPSA) is 15.6 Å². The van der Waals surface area contributed by atoms with Crippen molar-refractivity contribution in [2.45, 2.75) is 83.6 Å². The number of likely N-dealkylation sites (tertiary alicyclic amines) is 1. The lowest BCUT2D eigenvalue weighted by molar-refractivity contribution is 0.216. The third-order valence-corrected chi connectivity index (χ3v) is 4.72. The number of hydrogen-bond acceptors (Lipinski definition) is 1. The Labute approximate surface area is 120 Å². The van der Waals surface area contributed by atoms with Crippen LogP contribution in [-0.4, -0.2) is 37.2 Å². The van der Waals surface area contributed by atoms with E-state index in [1.54, 1.807) is 0 Å². The Morgan fingerprint density at radius 2 is 2.00 bits per heavy atom. The summed E-state index contributed by atoms with van der Waals surface area (Å²) in [4.78, 5) is 7.37. The molecule has 1 saturated heterocycles. The van der Waals surface area contributed by atoms with Crippen molar-refractivity contribution < 1.29 is 0 Å². The van der Waals surface area contributed by atoms with E-state index >= 15 is 0 Å². The second-order valence-corrected chi connectivity index (χ2v) is 6.56. The first-order valence-corrected chi connectivity index (χ1v) is 8.20. The van der Waals surface area contributed by atoms with Crippen LogP contribution in [0.2, 0.25) is 5.82 Å². The Morgan fingerprint density at radius 3 is 2.68 bits per heavy atom. The highest BCUT2D eigenvalue weighted by Crippen LogP contribution is 2.39. The fourth-order valence-electron chi connectivity index (χ4n) is 3.96. The molecule has 0 spiro atoms. The first kappa shape index (κ1) is 14.9. The molecule has 2 fully saturated rings. The van der Waals surface area contributed by atoms with Gasteiger partial charge in [-0.3, -0.25) is 4.99 Å². The summed E-state index contributed by atoms with van der Waals surface area (Å²) in [5.41, 5.74) is 0. The molecule has 1 aliphatic heterocycles. The fourth-order valence-corrected chi connectivity index (χ4v) is 3.96. The van der Waals surface area contributed by atoms with Crippen molar-refractivity contribution in [2.24, 2.45) is 10.9 Å². The fraction of sp³-hybridized carbons (Fsp3) is 0.938. The Balaban J connectivity index is 2.18. The molecule has 1 saturated carbocycles. The summed E-state index contributed by atoms with van der Waals surface area (Å²) in [6, 6.07) is 1.26. The maximum atomic E-state index is 6.31. The number of amidine groups is 1. The molecule has 0 aromatic rings. The first-order valence-electron chi connectivity index (χ1n) is 8.20. The van der Waals surface area contributed by atoms with Gasteiger partial charge >= 0.3 is 0 Å². The molecule has 3 unspecified atom stereocenters. The van der Waals surface area contributed by atoms with Gasteiger partial charge in [0.15, 0.2) is 0 Å². The molecule has 19 heavy (non-hydrogen) atoms. The number of nitrogens with zero attached hydrogens (tertiary/aromatic N) is 2. The zero-order chi connectivity index (χ0) is 13.8. The summed E-state index contributed by atoms with van der Waals surface area (Å²) >= 11 is 0. The van der Waals surface area contributed by atoms with E-state index in [1.165, 1.54) is 44.4 Å². The van der Waals surface area contributed by atoms with E-state index in [0.29, 0.717) is 17.9 Å². The lowest BCUT2D eigenvalue weighted by atomic mass is 9.75. The van der Waals surface area contributed by atoms with Gasteiger partial charge in [-0.1, -0.05) is 37.9 Å². The molecule has 0 aromatic carbocycles. The van der Waals surface area contributed by atoms with Gasteiger partial charge in [0.2, 0.25) is 0 Å². The smallest absolute Gasteiger partial charge is 0.0997 e. The molecule has 2 nitrogen and oxygen atoms in total. The summed E-state index contributed by atoms with van der Waals surface area (Å²) in [6.07, 6.45) is 8.92. The average molecular weight is 260 g/mol. The molecule has 0 bridgehead atoms. The van der Waals surface area contributed by atoms with Gasteiger partial charge in [0.05, 0.1) is 13.7 Å². The second kappa shape index (κ2) is 6.81. The van der Waals surface area contributed by atoms with Crippen molar-refractivity contribution in [3.63, 3.8) is 0 Å². The average Bonchev–Trinajstić information content (AvgIpc) is 2.69. The molecule has 0 aromatic heterocycles. The van der Waals surface area contributed by atoms with Gasteiger partial charge in [-0.2, -0.15) is 0 Å². The Morgan fingerprint density at radius 1 is 1.26 bits per heavy atom. The van der Waals surface area contributed by atoms with Crippen molar-refractivity contribution in [2.75, 3.05) is 6.54 Å². The molecule has 2 aliphatic rings. The maximum Gasteiger partial charge on any atom is 0.0997 e. The quantitative estimate of drug-likeness (QED) is 0.689. The molecule has 0 amide bonds. The molecule has 3 atom stereocenters. The molecule has 2 rings (SSSR count). The monoisotopic (exact) mass is 260 g/mol. The van der Waals surface area contributed by atoms with Crippen LogP contribution >= 0.6 is 0 Å². The van der Waals surface area contributed by atoms with E-state index in [2.05, 4.69) is 25.7 Å². The van der Waals surface area contributed by atoms with Crippen molar-refractivity contribution >= 4 is 13.7 Å². The SMILES string of the molecule is [B]C1CCCCCC2C(CC(=NCC)N2C(C)C)C1. The van der Waals surface area contributed by atoms with Gasteiger partial charge in [0.1, 0.15) is 0 Å². The van der Waals surface area contributed by atoms with Crippen LogP contribution in [0.15, 0.2) is 4.99 Å². The Bertz CT molecular complexity index is 314. The predicted octanol–water partition coefficient (Wildman–Crippen LogP) is 3.81. The van der Waals surface area contributed by atoms with Gasteiger partial charge in [0, 0.05) is 25.0 Å². The Hall–Kier alpha value is -0.465. The first-order chi connectivity index (χ1) is 9.13. The standard InChI is InChI=1S/C16H29BN2/c1-4-18-16-11-13-10-14(17)8-6-5-7-9-15(13)19(16)12(2)3/h12-15H,4-11H2,1-3H3. The number of aliphatic imine (C=N–C) groups is 1. The summed E-state index contributed by atoms with van der Waals surface area (Å²) in [5.74, 6) is 2.49. The van der Waals surface area contributed by atoms with Crippen LogP contribution in [0.5, 0.6) is 0 Å². The normalized spacial score (nSPS) is 35.1. The summed E-state index contributed by atoms with van der Waals surface area (Å²) in [6.45, 7) is 7.66. The van der Waals surface area contributed by atoms with Crippen molar-refractivity contribution in [1.29, 1.82) is 0 Å². The largest absolute Gasteiger partial charge is 0.355 e. The molecule has 106 valence electrons. The van der Waals surface area contributed by atoms with E-state index in [9.17, 15) is 0 Å². The summed E-state index contributed by atoms with van der Waals surface area (Å²) < 4.78 is 0. The Kier molecular flexibility index (Phi) is 5.35. The van der Waals surface area contributed by atoms with Gasteiger partial charge < -0.3 is 4.90 Å². The highest BCUT2D eigenvalue weighted by molar-refractivity contribution is 6.11. The minimum absolute atomic E-state index is 0.403. The van der Waals surface area contributed by atoms with E-state index in [0.717, 1.165) is 18.9 Å². The van der Waals surface area contributed by atoms with Crippen LogP contribution in [0.3, 0.4) is 0 Å². The maximum absolute atomic E-state index is 6.31. The zero-order valence-corrected chi connectivity index (χ0v) is 12.9. The number of fused-ring (bicyclic) bond motifs is 1. The van der Waals surface area contributed by atoms with Crippen molar-refractivity contribution in [3.8, 4) is 0 Å². The number of hydrogen-bond donors (Lipinski definition) is 0. The minimum atomic E-state index is 0.403. The molecule has 1 heterocycles. The second-order valence-electron chi connectivity index (χ2n) is 6.56. The van der Waals surface area contributed by atoms with Gasteiger partial charge in [0.25, 0.3) is 0 Å². The number of rotatable bonds is 2. The van der Waals surface area contributed by atoms with E-state index in [-0.39, 0.29) is 0 Å². The predicted molar refractivity (Wildman–Crippen MR) is 84.1 cm³/mol. The molecular weight excluding hydrogens is 231 g/mol. The van der Waals surface area contributed by atoms with Crippen LogP contribution in [0, 0.1) is 5.92 Å². The van der Waals surface area contributed by atoms with Crippen LogP contribution in [-0.2, 0) is 0 Å². The third-order valence-electron chi connectivity index (χ3n) is 4.72. The molecule has 3 heteroatoms. The van der Waals surface area contributed by atoms with E-state index in [1.807, 2.05) is 0 Å². The lowest BCUT2D eigenvalue weighted by Crippen LogP contribution is -2.40. The zero-order valence-electron chi connectivity index (χ0n) is 12.9. The van der Waals surface area contributed by atoms with Crippen LogP contribution in [0.1, 0.15) is 65.7 Å². The van der Waals surface area contributed by atoms with Gasteiger partial charge in [-0.15, -0.1) is 0 Å². The van der Waals surface area contributed by atoms with Crippen molar-refractivity contribution in [3.05, 3.63) is 0 Å². The van der Waals surface area contributed by atoms with Gasteiger partial charge in [-0.25, -0.2) is 0 Å². The van der Waals surface area contributed by atoms with Crippen LogP contribution in [0.4, 0.5) is 0 Å². The van der Waals surface area contributed by atoms with Crippen molar-refractivity contribution in [1.82, 2.24) is 4.90 Å². The highest BCUT2D eigenvalue weighted by atomic mass is 15.3. The molecule has 1 aliphatic carbocycles. The van der Waals surface area contributed by atoms with Crippen LogP contribution < -0.4 is 0 Å². The summed E-state index contributed by atoms with van der Waals surface area (Å²) in [5, 5.41) is 0. The molecule has 2 radical (unpaired) electrons. The van der Waals surface area contributed by atoms with E-state index in [4.69, 9.17) is 12.8 Å². The van der Waals surface area contributed by atoms with Crippen LogP contribution in [0.25, 0.3) is 0 Å². The molecular formula is C16H29BN2. The minimum Gasteiger partial charge on any atom is -0.355 e. The lowest BCUT2D eigenvalue weighted by Gasteiger charge is -2.33. The highest BCUT2D eigenvalue weighted by Gasteiger charge is 2.39. The van der Waals surface area contributed by atoms with E-state index < -0.39 is 0 Å². The molecule has 0 N–H and O–H groups in total.